The van der Waals surface area contributed by atoms with E-state index in [1.165, 1.54) is 11.1 Å². The van der Waals surface area contributed by atoms with Crippen LogP contribution >= 0.6 is 0 Å². The molecule has 1 aliphatic heterocycles. The van der Waals surface area contributed by atoms with Crippen LogP contribution in [0.4, 0.5) is 0 Å². The highest BCUT2D eigenvalue weighted by Gasteiger charge is 2.21. The van der Waals surface area contributed by atoms with Crippen molar-refractivity contribution < 1.29 is 9.59 Å². The van der Waals surface area contributed by atoms with E-state index in [9.17, 15) is 9.59 Å². The smallest absolute Gasteiger partial charge is 0.230 e. The van der Waals surface area contributed by atoms with E-state index in [0.717, 1.165) is 13.0 Å². The quantitative estimate of drug-likeness (QED) is 0.784. The lowest BCUT2D eigenvalue weighted by molar-refractivity contribution is -0.136. The Morgan fingerprint density at radius 3 is 2.42 bits per heavy atom. The van der Waals surface area contributed by atoms with Crippen molar-refractivity contribution in [2.24, 2.45) is 0 Å². The first-order valence-electron chi connectivity index (χ1n) is 7.07. The summed E-state index contributed by atoms with van der Waals surface area (Å²) in [5.74, 6) is -0.0137. The number of benzene rings is 1. The summed E-state index contributed by atoms with van der Waals surface area (Å²) in [5.41, 5.74) is 2.52. The summed E-state index contributed by atoms with van der Waals surface area (Å²) >= 11 is 0. The topological polar surface area (TPSA) is 37.4 Å². The minimum atomic E-state index is -0.0358. The molecule has 3 heteroatoms. The second kappa shape index (κ2) is 7.72. The molecular formula is C16H23NO2. The Kier molecular flexibility index (Phi) is 6.26. The summed E-state index contributed by atoms with van der Waals surface area (Å²) < 4.78 is 0. The van der Waals surface area contributed by atoms with Crippen LogP contribution in [0, 0.1) is 0 Å². The molecule has 1 aromatic rings. The highest BCUT2D eigenvalue weighted by molar-refractivity contribution is 5.97. The zero-order valence-electron chi connectivity index (χ0n) is 12.1. The molecule has 0 saturated carbocycles. The molecule has 0 unspecified atom stereocenters. The number of carbonyl (C=O) groups excluding carboxylic acids is 2. The molecule has 1 amide bonds. The van der Waals surface area contributed by atoms with Crippen LogP contribution in [0.2, 0.25) is 0 Å². The van der Waals surface area contributed by atoms with Crippen LogP contribution in [0.15, 0.2) is 24.3 Å². The lowest BCUT2D eigenvalue weighted by atomic mass is 9.99. The second-order valence-corrected chi connectivity index (χ2v) is 4.40. The number of ketones is 1. The highest BCUT2D eigenvalue weighted by Crippen LogP contribution is 2.19. The Hall–Kier alpha value is -1.64. The van der Waals surface area contributed by atoms with Gasteiger partial charge in [-0.1, -0.05) is 45.0 Å². The van der Waals surface area contributed by atoms with Crippen LogP contribution in [0.25, 0.3) is 0 Å². The molecule has 19 heavy (non-hydrogen) atoms. The number of carbonyl (C=O) groups is 2. The molecule has 2 rings (SSSR count). The van der Waals surface area contributed by atoms with Crippen LogP contribution in [0.1, 0.15) is 44.7 Å². The predicted molar refractivity (Wildman–Crippen MR) is 76.8 cm³/mol. The van der Waals surface area contributed by atoms with Gasteiger partial charge in [-0.25, -0.2) is 0 Å². The number of nitrogens with zero attached hydrogens (tertiary/aromatic N) is 1. The first-order valence-corrected chi connectivity index (χ1v) is 7.07. The summed E-state index contributed by atoms with van der Waals surface area (Å²) in [5, 5.41) is 0. The van der Waals surface area contributed by atoms with Crippen molar-refractivity contribution in [1.29, 1.82) is 0 Å². The maximum absolute atomic E-state index is 11.9. The van der Waals surface area contributed by atoms with Gasteiger partial charge < -0.3 is 4.90 Å². The summed E-state index contributed by atoms with van der Waals surface area (Å²) in [7, 11) is 0. The Balaban J connectivity index is 0.000000861. The van der Waals surface area contributed by atoms with E-state index in [4.69, 9.17) is 0 Å². The average molecular weight is 261 g/mol. The fourth-order valence-corrected chi connectivity index (χ4v) is 2.11. The summed E-state index contributed by atoms with van der Waals surface area (Å²) in [6.07, 6.45) is 1.39. The Bertz CT molecular complexity index is 440. The van der Waals surface area contributed by atoms with Gasteiger partial charge in [0, 0.05) is 19.5 Å². The zero-order valence-corrected chi connectivity index (χ0v) is 12.1. The van der Waals surface area contributed by atoms with Gasteiger partial charge in [0.15, 0.2) is 0 Å². The van der Waals surface area contributed by atoms with Crippen LogP contribution in [0.3, 0.4) is 0 Å². The minimum absolute atomic E-state index is 0.0221. The number of hydrogen-bond donors (Lipinski definition) is 0. The highest BCUT2D eigenvalue weighted by atomic mass is 16.2. The lowest BCUT2D eigenvalue weighted by Crippen LogP contribution is -2.36. The number of rotatable bonds is 3. The van der Waals surface area contributed by atoms with E-state index in [1.807, 2.05) is 26.0 Å². The van der Waals surface area contributed by atoms with Gasteiger partial charge in [-0.15, -0.1) is 0 Å². The molecule has 1 aromatic carbocycles. The first-order chi connectivity index (χ1) is 9.20. The van der Waals surface area contributed by atoms with Crippen LogP contribution < -0.4 is 0 Å². The Morgan fingerprint density at radius 2 is 1.79 bits per heavy atom. The third kappa shape index (κ3) is 4.19. The molecule has 0 radical (unpaired) electrons. The van der Waals surface area contributed by atoms with Crippen molar-refractivity contribution in [1.82, 2.24) is 4.90 Å². The maximum Gasteiger partial charge on any atom is 0.230 e. The van der Waals surface area contributed by atoms with Gasteiger partial charge in [0.1, 0.15) is 5.78 Å². The molecule has 0 spiro atoms. The molecule has 0 atom stereocenters. The molecule has 0 aromatic heterocycles. The van der Waals surface area contributed by atoms with Crippen LogP contribution in [-0.2, 0) is 22.6 Å². The molecule has 0 aliphatic carbocycles. The van der Waals surface area contributed by atoms with Crippen molar-refractivity contribution >= 4 is 11.7 Å². The third-order valence-corrected chi connectivity index (χ3v) is 3.23. The van der Waals surface area contributed by atoms with E-state index in [2.05, 4.69) is 12.1 Å². The number of Topliss-reactive ketones (excluding diaryl/α,β-unsaturated/α-hetero) is 1. The van der Waals surface area contributed by atoms with Crippen molar-refractivity contribution in [3.63, 3.8) is 0 Å². The normalized spacial score (nSPS) is 13.1. The first kappa shape index (κ1) is 15.4. The molecule has 3 nitrogen and oxygen atoms in total. The van der Waals surface area contributed by atoms with Gasteiger partial charge in [0.05, 0.1) is 6.42 Å². The van der Waals surface area contributed by atoms with E-state index in [1.54, 1.807) is 11.8 Å². The van der Waals surface area contributed by atoms with E-state index in [0.29, 0.717) is 13.0 Å². The van der Waals surface area contributed by atoms with Gasteiger partial charge in [-0.3, -0.25) is 9.59 Å². The minimum Gasteiger partial charge on any atom is -0.338 e. The number of hydrogen-bond acceptors (Lipinski definition) is 2. The fraction of sp³-hybridized carbons (Fsp3) is 0.500. The van der Waals surface area contributed by atoms with Crippen molar-refractivity contribution in [3.8, 4) is 0 Å². The van der Waals surface area contributed by atoms with Gasteiger partial charge >= 0.3 is 0 Å². The maximum atomic E-state index is 11.9. The van der Waals surface area contributed by atoms with Crippen molar-refractivity contribution in [2.45, 2.75) is 46.6 Å². The van der Waals surface area contributed by atoms with Gasteiger partial charge in [-0.2, -0.15) is 0 Å². The van der Waals surface area contributed by atoms with E-state index < -0.39 is 0 Å². The Morgan fingerprint density at radius 1 is 1.16 bits per heavy atom. The largest absolute Gasteiger partial charge is 0.338 e. The van der Waals surface area contributed by atoms with Gasteiger partial charge in [0.2, 0.25) is 5.91 Å². The standard InChI is InChI=1S/C14H17NO2.C2H6/c1-2-13(16)9-14(17)15-8-7-11-5-3-4-6-12(11)10-15;1-2/h3-6H,2,7-10H2,1H3;1-2H3. The molecular weight excluding hydrogens is 238 g/mol. The SMILES string of the molecule is CC.CCC(=O)CC(=O)N1CCc2ccccc2C1. The Labute approximate surface area is 115 Å². The number of fused-ring (bicyclic) bond motifs is 1. The number of amides is 1. The van der Waals surface area contributed by atoms with Gasteiger partial charge in [-0.05, 0) is 17.5 Å². The third-order valence-electron chi connectivity index (χ3n) is 3.23. The summed E-state index contributed by atoms with van der Waals surface area (Å²) in [6, 6.07) is 8.17. The summed E-state index contributed by atoms with van der Waals surface area (Å²) in [6.45, 7) is 7.17. The summed E-state index contributed by atoms with van der Waals surface area (Å²) in [4.78, 5) is 24.9. The van der Waals surface area contributed by atoms with Crippen LogP contribution in [-0.4, -0.2) is 23.1 Å². The molecule has 0 fully saturated rings. The van der Waals surface area contributed by atoms with Crippen molar-refractivity contribution in [2.75, 3.05) is 6.54 Å². The van der Waals surface area contributed by atoms with Crippen LogP contribution in [0.5, 0.6) is 0 Å². The van der Waals surface area contributed by atoms with E-state index >= 15 is 0 Å². The van der Waals surface area contributed by atoms with Gasteiger partial charge in [0.25, 0.3) is 0 Å². The molecule has 0 N–H and O–H groups in total. The van der Waals surface area contributed by atoms with Crippen molar-refractivity contribution in [3.05, 3.63) is 35.4 Å². The zero-order chi connectivity index (χ0) is 14.3. The lowest BCUT2D eigenvalue weighted by Gasteiger charge is -2.28. The monoisotopic (exact) mass is 261 g/mol. The fourth-order valence-electron chi connectivity index (χ4n) is 2.11. The average Bonchev–Trinajstić information content (AvgIpc) is 2.48. The molecule has 0 saturated heterocycles. The van der Waals surface area contributed by atoms with E-state index in [-0.39, 0.29) is 18.1 Å². The second-order valence-electron chi connectivity index (χ2n) is 4.40. The molecule has 1 heterocycles. The molecule has 1 aliphatic rings. The molecule has 0 bridgehead atoms. The predicted octanol–water partition coefficient (Wildman–Crippen LogP) is 2.97. The molecule has 104 valence electrons.